The van der Waals surface area contributed by atoms with E-state index < -0.39 is 0 Å². The van der Waals surface area contributed by atoms with Crippen LogP contribution in [0.3, 0.4) is 0 Å². The summed E-state index contributed by atoms with van der Waals surface area (Å²) in [5.41, 5.74) is 6.20. The molecule has 6 aromatic rings. The van der Waals surface area contributed by atoms with E-state index >= 15 is 0 Å². The van der Waals surface area contributed by atoms with Crippen LogP contribution in [0.4, 0.5) is 0 Å². The monoisotopic (exact) mass is 588 g/mol. The maximum absolute atomic E-state index is 13.5. The number of aromatic nitrogens is 4. The molecule has 0 saturated heterocycles. The molecule has 1 aliphatic carbocycles. The number of carbonyl (C=O) groups is 1. The molecule has 0 radical (unpaired) electrons. The first-order chi connectivity index (χ1) is 22.5. The standard InChI is InChI=1S/C37H16N8O/c38-17-29-31(19-40)44-35(33(42-29)21-7-3-1-4-8-21)23-11-13-25-27(15-23)28-16-24(12-14-26(28)37(25)46)36-34(22-9-5-2-6-10-22)43-30(18-39)32(20-41)45-36/h1-16H. The summed E-state index contributed by atoms with van der Waals surface area (Å²) in [4.78, 5) is 31.6. The minimum Gasteiger partial charge on any atom is -0.289 e. The lowest BCUT2D eigenvalue weighted by Gasteiger charge is -2.12. The molecular formula is C37H16N8O. The Bertz CT molecular complexity index is 2260. The number of hydrogen-bond acceptors (Lipinski definition) is 9. The van der Waals surface area contributed by atoms with Crippen LogP contribution in [0, 0.1) is 45.3 Å². The van der Waals surface area contributed by atoms with E-state index in [1.165, 1.54) is 0 Å². The molecular weight excluding hydrogens is 572 g/mol. The summed E-state index contributed by atoms with van der Waals surface area (Å²) in [6.45, 7) is 0. The van der Waals surface area contributed by atoms with Gasteiger partial charge in [-0.25, -0.2) is 19.9 Å². The number of carbonyl (C=O) groups excluding carboxylic acids is 1. The lowest BCUT2D eigenvalue weighted by Crippen LogP contribution is -2.01. The molecule has 9 nitrogen and oxygen atoms in total. The third-order valence-corrected chi connectivity index (χ3v) is 7.68. The van der Waals surface area contributed by atoms with Crippen LogP contribution in [0.15, 0.2) is 97.1 Å². The summed E-state index contributed by atoms with van der Waals surface area (Å²) in [6, 6.07) is 36.9. The zero-order valence-electron chi connectivity index (χ0n) is 23.7. The van der Waals surface area contributed by atoms with Crippen molar-refractivity contribution in [2.45, 2.75) is 0 Å². The Hall–Kier alpha value is -7.33. The van der Waals surface area contributed by atoms with Gasteiger partial charge in [-0.2, -0.15) is 21.0 Å². The lowest BCUT2D eigenvalue weighted by atomic mass is 9.96. The molecule has 7 rings (SSSR count). The molecule has 0 aliphatic heterocycles. The zero-order chi connectivity index (χ0) is 31.8. The minimum atomic E-state index is -0.151. The van der Waals surface area contributed by atoms with Crippen LogP contribution >= 0.6 is 0 Å². The summed E-state index contributed by atoms with van der Waals surface area (Å²) in [5.74, 6) is -0.151. The number of benzene rings is 4. The second-order valence-electron chi connectivity index (χ2n) is 10.3. The highest BCUT2D eigenvalue weighted by Gasteiger charge is 2.29. The van der Waals surface area contributed by atoms with Gasteiger partial charge in [0.2, 0.25) is 0 Å². The molecule has 0 unspecified atom stereocenters. The Morgan fingerprint density at radius 3 is 1.04 bits per heavy atom. The Kier molecular flexibility index (Phi) is 6.61. The average molecular weight is 589 g/mol. The summed E-state index contributed by atoms with van der Waals surface area (Å²) < 4.78 is 0. The molecule has 0 atom stereocenters. The molecule has 210 valence electrons. The lowest BCUT2D eigenvalue weighted by molar-refractivity contribution is 0.104. The molecule has 9 heteroatoms. The zero-order valence-corrected chi connectivity index (χ0v) is 23.7. The van der Waals surface area contributed by atoms with Gasteiger partial charge in [-0.05, 0) is 35.4 Å². The number of fused-ring (bicyclic) bond motifs is 3. The van der Waals surface area contributed by atoms with Gasteiger partial charge in [-0.1, -0.05) is 72.8 Å². The molecule has 0 amide bonds. The van der Waals surface area contributed by atoms with Crippen LogP contribution in [0.5, 0.6) is 0 Å². The van der Waals surface area contributed by atoms with E-state index in [1.807, 2.05) is 97.1 Å². The van der Waals surface area contributed by atoms with Crippen LogP contribution in [0.1, 0.15) is 38.7 Å². The van der Waals surface area contributed by atoms with Crippen molar-refractivity contribution in [1.82, 2.24) is 19.9 Å². The maximum atomic E-state index is 13.5. The fraction of sp³-hybridized carbons (Fsp3) is 0. The smallest absolute Gasteiger partial charge is 0.194 e. The first-order valence-electron chi connectivity index (χ1n) is 13.9. The van der Waals surface area contributed by atoms with Gasteiger partial charge >= 0.3 is 0 Å². The summed E-state index contributed by atoms with van der Waals surface area (Å²) in [6.07, 6.45) is 0. The van der Waals surface area contributed by atoms with Gasteiger partial charge in [0.1, 0.15) is 24.3 Å². The first-order valence-corrected chi connectivity index (χ1v) is 13.9. The second kappa shape index (κ2) is 11.1. The molecule has 0 bridgehead atoms. The summed E-state index contributed by atoms with van der Waals surface area (Å²) in [7, 11) is 0. The first kappa shape index (κ1) is 27.5. The van der Waals surface area contributed by atoms with E-state index in [2.05, 4.69) is 19.9 Å². The van der Waals surface area contributed by atoms with Crippen LogP contribution in [0.25, 0.3) is 56.2 Å². The third kappa shape index (κ3) is 4.43. The van der Waals surface area contributed by atoms with E-state index in [-0.39, 0.29) is 28.6 Å². The second-order valence-corrected chi connectivity index (χ2v) is 10.3. The van der Waals surface area contributed by atoms with Crippen LogP contribution in [-0.2, 0) is 0 Å². The van der Waals surface area contributed by atoms with Crippen molar-refractivity contribution in [3.8, 4) is 80.4 Å². The van der Waals surface area contributed by atoms with Gasteiger partial charge in [-0.15, -0.1) is 0 Å². The molecule has 4 aromatic carbocycles. The van der Waals surface area contributed by atoms with Crippen molar-refractivity contribution in [2.24, 2.45) is 0 Å². The highest BCUT2D eigenvalue weighted by Crippen LogP contribution is 2.42. The Balaban J connectivity index is 1.43. The van der Waals surface area contributed by atoms with Crippen molar-refractivity contribution >= 4 is 5.78 Å². The topological polar surface area (TPSA) is 164 Å². The van der Waals surface area contributed by atoms with E-state index in [1.54, 1.807) is 24.3 Å². The van der Waals surface area contributed by atoms with Crippen molar-refractivity contribution in [3.05, 3.63) is 131 Å². The number of hydrogen-bond donors (Lipinski definition) is 0. The van der Waals surface area contributed by atoms with E-state index in [0.717, 1.165) is 0 Å². The predicted molar refractivity (Wildman–Crippen MR) is 167 cm³/mol. The van der Waals surface area contributed by atoms with Crippen molar-refractivity contribution < 1.29 is 4.79 Å². The van der Waals surface area contributed by atoms with Crippen molar-refractivity contribution in [1.29, 1.82) is 21.0 Å². The number of ketones is 1. The minimum absolute atomic E-state index is 0.0779. The molecule has 2 aromatic heterocycles. The molecule has 0 N–H and O–H groups in total. The van der Waals surface area contributed by atoms with Crippen LogP contribution in [-0.4, -0.2) is 25.7 Å². The van der Waals surface area contributed by atoms with Crippen LogP contribution < -0.4 is 0 Å². The maximum Gasteiger partial charge on any atom is 0.194 e. The van der Waals surface area contributed by atoms with Crippen molar-refractivity contribution in [3.63, 3.8) is 0 Å². The Labute approximate surface area is 262 Å². The normalized spacial score (nSPS) is 11.0. The van der Waals surface area contributed by atoms with E-state index in [0.29, 0.717) is 67.3 Å². The van der Waals surface area contributed by atoms with Gasteiger partial charge < -0.3 is 0 Å². The fourth-order valence-corrected chi connectivity index (χ4v) is 5.55. The summed E-state index contributed by atoms with van der Waals surface area (Å²) in [5, 5.41) is 38.7. The molecule has 1 aliphatic rings. The van der Waals surface area contributed by atoms with Crippen LogP contribution in [0.2, 0.25) is 0 Å². The van der Waals surface area contributed by atoms with Crippen molar-refractivity contribution in [2.75, 3.05) is 0 Å². The average Bonchev–Trinajstić information content (AvgIpc) is 3.41. The van der Waals surface area contributed by atoms with Gasteiger partial charge in [0.05, 0.1) is 22.8 Å². The van der Waals surface area contributed by atoms with E-state index in [4.69, 9.17) is 0 Å². The van der Waals surface area contributed by atoms with Gasteiger partial charge in [-0.3, -0.25) is 4.79 Å². The predicted octanol–water partition coefficient (Wildman–Crippen LogP) is 6.63. The Morgan fingerprint density at radius 2 is 0.717 bits per heavy atom. The van der Waals surface area contributed by atoms with Gasteiger partial charge in [0.25, 0.3) is 0 Å². The van der Waals surface area contributed by atoms with Gasteiger partial charge in [0, 0.05) is 33.4 Å². The molecule has 0 fully saturated rings. The highest BCUT2D eigenvalue weighted by atomic mass is 16.1. The molecule has 0 spiro atoms. The highest BCUT2D eigenvalue weighted by molar-refractivity contribution is 6.22. The number of nitriles is 4. The quantitative estimate of drug-likeness (QED) is 0.219. The fourth-order valence-electron chi connectivity index (χ4n) is 5.55. The third-order valence-electron chi connectivity index (χ3n) is 7.68. The number of rotatable bonds is 4. The van der Waals surface area contributed by atoms with Gasteiger partial charge in [0.15, 0.2) is 28.6 Å². The largest absolute Gasteiger partial charge is 0.289 e. The molecule has 46 heavy (non-hydrogen) atoms. The molecule has 2 heterocycles. The Morgan fingerprint density at radius 1 is 0.391 bits per heavy atom. The molecule has 0 saturated carbocycles. The number of nitrogens with zero attached hydrogens (tertiary/aromatic N) is 8. The SMILES string of the molecule is N#Cc1nc(-c2ccccc2)c(-c2ccc3c(c2)-c2cc(-c4nc(C#N)c(C#N)nc4-c4ccccc4)ccc2C3=O)nc1C#N. The summed E-state index contributed by atoms with van der Waals surface area (Å²) >= 11 is 0. The van der Waals surface area contributed by atoms with E-state index in [9.17, 15) is 25.8 Å².